The van der Waals surface area contributed by atoms with E-state index in [1.807, 2.05) is 0 Å². The van der Waals surface area contributed by atoms with Crippen LogP contribution in [-0.4, -0.2) is 41.2 Å². The highest BCUT2D eigenvalue weighted by molar-refractivity contribution is 7.92. The van der Waals surface area contributed by atoms with Crippen molar-refractivity contribution < 1.29 is 23.4 Å². The van der Waals surface area contributed by atoms with Gasteiger partial charge in [-0.05, 0) is 44.4 Å². The van der Waals surface area contributed by atoms with E-state index in [4.69, 9.17) is 5.11 Å². The zero-order valence-electron chi connectivity index (χ0n) is 12.6. The molecule has 0 aromatic rings. The second kappa shape index (κ2) is 6.24. The number of hydrogen-bond donors (Lipinski definition) is 2. The number of carbonyl (C=O) groups is 1. The van der Waals surface area contributed by atoms with Gasteiger partial charge in [0.2, 0.25) is 0 Å². The summed E-state index contributed by atoms with van der Waals surface area (Å²) in [6.07, 6.45) is 4.67. The Morgan fingerprint density at radius 1 is 1.19 bits per heavy atom. The molecule has 2 unspecified atom stereocenters. The molecule has 21 heavy (non-hydrogen) atoms. The van der Waals surface area contributed by atoms with Crippen LogP contribution < -0.4 is 0 Å². The fourth-order valence-electron chi connectivity index (χ4n) is 3.74. The predicted octanol–water partition coefficient (Wildman–Crippen LogP) is 1.99. The minimum atomic E-state index is -3.31. The van der Waals surface area contributed by atoms with Gasteiger partial charge in [-0.2, -0.15) is 0 Å². The van der Waals surface area contributed by atoms with Crippen molar-refractivity contribution >= 4 is 15.8 Å². The van der Waals surface area contributed by atoms with Crippen molar-refractivity contribution in [3.63, 3.8) is 0 Å². The van der Waals surface area contributed by atoms with Crippen molar-refractivity contribution in [2.45, 2.75) is 69.1 Å². The molecule has 2 atom stereocenters. The van der Waals surface area contributed by atoms with Gasteiger partial charge in [-0.25, -0.2) is 8.42 Å². The molecule has 2 N–H and O–H groups in total. The third-order valence-electron chi connectivity index (χ3n) is 5.13. The third-order valence-corrected chi connectivity index (χ3v) is 7.52. The van der Waals surface area contributed by atoms with E-state index in [0.29, 0.717) is 31.6 Å². The second-order valence-corrected chi connectivity index (χ2v) is 9.32. The molecule has 2 aliphatic rings. The first kappa shape index (κ1) is 16.7. The number of aliphatic hydroxyl groups is 1. The van der Waals surface area contributed by atoms with Crippen LogP contribution in [0.15, 0.2) is 0 Å². The molecule has 6 heteroatoms. The highest BCUT2D eigenvalue weighted by Gasteiger charge is 2.42. The van der Waals surface area contributed by atoms with Gasteiger partial charge in [0, 0.05) is 0 Å². The molecule has 2 saturated carbocycles. The van der Waals surface area contributed by atoms with Gasteiger partial charge in [0.15, 0.2) is 9.84 Å². The molecule has 2 rings (SSSR count). The molecule has 122 valence electrons. The average molecular weight is 318 g/mol. The summed E-state index contributed by atoms with van der Waals surface area (Å²) >= 11 is 0. The van der Waals surface area contributed by atoms with E-state index in [2.05, 4.69) is 6.92 Å². The Morgan fingerprint density at radius 2 is 1.81 bits per heavy atom. The monoisotopic (exact) mass is 318 g/mol. The van der Waals surface area contributed by atoms with Crippen LogP contribution in [0.2, 0.25) is 0 Å². The van der Waals surface area contributed by atoms with E-state index < -0.39 is 27.3 Å². The number of aliphatic carboxylic acids is 1. The van der Waals surface area contributed by atoms with Crippen molar-refractivity contribution in [3.05, 3.63) is 0 Å². The van der Waals surface area contributed by atoms with E-state index >= 15 is 0 Å². The molecule has 2 aliphatic carbocycles. The summed E-state index contributed by atoms with van der Waals surface area (Å²) < 4.78 is 25.1. The van der Waals surface area contributed by atoms with E-state index in [1.165, 1.54) is 0 Å². The van der Waals surface area contributed by atoms with Gasteiger partial charge in [-0.15, -0.1) is 0 Å². The molecule has 0 spiro atoms. The van der Waals surface area contributed by atoms with E-state index in [-0.39, 0.29) is 23.8 Å². The molecule has 0 bridgehead atoms. The Morgan fingerprint density at radius 3 is 2.33 bits per heavy atom. The summed E-state index contributed by atoms with van der Waals surface area (Å²) in [6, 6.07) is 0. The summed E-state index contributed by atoms with van der Waals surface area (Å²) in [7, 11) is -3.31. The lowest BCUT2D eigenvalue weighted by Crippen LogP contribution is -2.45. The fraction of sp³-hybridized carbons (Fsp3) is 0.933. The molecular formula is C15H26O5S. The summed E-state index contributed by atoms with van der Waals surface area (Å²) in [5.41, 5.74) is -1.23. The minimum Gasteiger partial charge on any atom is -0.481 e. The van der Waals surface area contributed by atoms with Crippen molar-refractivity contribution in [1.29, 1.82) is 0 Å². The average Bonchev–Trinajstić information content (AvgIpc) is 2.38. The van der Waals surface area contributed by atoms with Gasteiger partial charge < -0.3 is 10.2 Å². The molecule has 0 aliphatic heterocycles. The molecule has 0 heterocycles. The Labute approximate surface area is 126 Å². The molecule has 0 amide bonds. The Hall–Kier alpha value is -0.620. The number of rotatable bonds is 4. The maximum absolute atomic E-state index is 12.5. The predicted molar refractivity (Wildman–Crippen MR) is 79.8 cm³/mol. The molecule has 0 saturated heterocycles. The van der Waals surface area contributed by atoms with Crippen LogP contribution in [0.1, 0.15) is 58.3 Å². The first-order chi connectivity index (χ1) is 9.72. The zero-order chi connectivity index (χ0) is 15.7. The van der Waals surface area contributed by atoms with E-state index in [1.54, 1.807) is 0 Å². The van der Waals surface area contributed by atoms with Crippen molar-refractivity contribution in [1.82, 2.24) is 0 Å². The molecule has 0 aromatic heterocycles. The quantitative estimate of drug-likeness (QED) is 0.827. The highest BCUT2D eigenvalue weighted by Crippen LogP contribution is 2.36. The van der Waals surface area contributed by atoms with Gasteiger partial charge in [0.05, 0.1) is 22.5 Å². The van der Waals surface area contributed by atoms with Gasteiger partial charge in [-0.3, -0.25) is 4.79 Å². The minimum absolute atomic E-state index is 0.205. The van der Waals surface area contributed by atoms with Crippen LogP contribution in [0.4, 0.5) is 0 Å². The summed E-state index contributed by atoms with van der Waals surface area (Å²) in [5, 5.41) is 19.2. The van der Waals surface area contributed by atoms with E-state index in [9.17, 15) is 18.3 Å². The van der Waals surface area contributed by atoms with E-state index in [0.717, 1.165) is 12.8 Å². The first-order valence-corrected chi connectivity index (χ1v) is 9.60. The van der Waals surface area contributed by atoms with Crippen LogP contribution in [0.25, 0.3) is 0 Å². The second-order valence-electron chi connectivity index (χ2n) is 7.04. The topological polar surface area (TPSA) is 91.7 Å². The van der Waals surface area contributed by atoms with Crippen LogP contribution >= 0.6 is 0 Å². The summed E-state index contributed by atoms with van der Waals surface area (Å²) in [5.74, 6) is -1.07. The third kappa shape index (κ3) is 4.19. The maximum atomic E-state index is 12.5. The summed E-state index contributed by atoms with van der Waals surface area (Å²) in [6.45, 7) is 2.08. The smallest absolute Gasteiger partial charge is 0.306 e. The largest absolute Gasteiger partial charge is 0.481 e. The number of carboxylic acids is 1. The van der Waals surface area contributed by atoms with Crippen LogP contribution in [0, 0.1) is 11.8 Å². The SMILES string of the molecule is CC1CCCC(S(=O)(=O)CC2(O)CCC(C(=O)O)CC2)C1. The van der Waals surface area contributed by atoms with Gasteiger partial charge >= 0.3 is 5.97 Å². The summed E-state index contributed by atoms with van der Waals surface area (Å²) in [4.78, 5) is 10.9. The van der Waals surface area contributed by atoms with Crippen LogP contribution in [0.5, 0.6) is 0 Å². The number of sulfone groups is 1. The van der Waals surface area contributed by atoms with Gasteiger partial charge in [0.1, 0.15) is 0 Å². The Balaban J connectivity index is 1.98. The molecular weight excluding hydrogens is 292 g/mol. The van der Waals surface area contributed by atoms with Crippen molar-refractivity contribution in [2.24, 2.45) is 11.8 Å². The number of carboxylic acid groups (broad SMARTS) is 1. The van der Waals surface area contributed by atoms with Gasteiger partial charge in [-0.1, -0.05) is 19.8 Å². The van der Waals surface area contributed by atoms with Crippen LogP contribution in [0.3, 0.4) is 0 Å². The molecule has 5 nitrogen and oxygen atoms in total. The zero-order valence-corrected chi connectivity index (χ0v) is 13.4. The normalized spacial score (nSPS) is 38.1. The lowest BCUT2D eigenvalue weighted by Gasteiger charge is -2.36. The fourth-order valence-corrected chi connectivity index (χ4v) is 6.16. The molecule has 0 radical (unpaired) electrons. The Kier molecular flexibility index (Phi) is 4.98. The lowest BCUT2D eigenvalue weighted by atomic mass is 9.80. The van der Waals surface area contributed by atoms with Crippen LogP contribution in [-0.2, 0) is 14.6 Å². The Bertz CT molecular complexity index is 476. The van der Waals surface area contributed by atoms with Gasteiger partial charge in [0.25, 0.3) is 0 Å². The van der Waals surface area contributed by atoms with Crippen molar-refractivity contribution in [3.8, 4) is 0 Å². The first-order valence-electron chi connectivity index (χ1n) is 7.89. The molecule has 2 fully saturated rings. The molecule has 0 aromatic carbocycles. The number of hydrogen-bond acceptors (Lipinski definition) is 4. The highest BCUT2D eigenvalue weighted by atomic mass is 32.2. The lowest BCUT2D eigenvalue weighted by molar-refractivity contribution is -0.144. The van der Waals surface area contributed by atoms with Crippen molar-refractivity contribution in [2.75, 3.05) is 5.75 Å². The standard InChI is InChI=1S/C15H26O5S/c1-11-3-2-4-13(9-11)21(19,20)10-15(18)7-5-12(6-8-15)14(16)17/h11-13,18H,2-10H2,1H3,(H,16,17). The maximum Gasteiger partial charge on any atom is 0.306 e.